The van der Waals surface area contributed by atoms with Crippen molar-refractivity contribution in [3.8, 4) is 11.5 Å². The molecule has 0 fully saturated rings. The first kappa shape index (κ1) is 33.3. The molecule has 0 amide bonds. The quantitative estimate of drug-likeness (QED) is 0.379. The van der Waals surface area contributed by atoms with E-state index in [0.717, 1.165) is 0 Å². The number of para-hydroxylation sites is 2. The fourth-order valence-corrected chi connectivity index (χ4v) is 1.31. The molecule has 0 aliphatic rings. The third kappa shape index (κ3) is 15.5. The molecule has 2 rings (SSSR count). The summed E-state index contributed by atoms with van der Waals surface area (Å²) in [6, 6.07) is 11.6. The van der Waals surface area contributed by atoms with Gasteiger partial charge in [0.15, 0.2) is 0 Å². The number of rotatable bonds is 2. The number of hydrogen-bond donors (Lipinski definition) is 4. The fourth-order valence-electron chi connectivity index (χ4n) is 1.31. The molecule has 0 spiro atoms. The Balaban J connectivity index is -0.000000150. The second-order valence-electron chi connectivity index (χ2n) is 3.93. The summed E-state index contributed by atoms with van der Waals surface area (Å²) in [5, 5.41) is 59.9. The van der Waals surface area contributed by atoms with Crippen LogP contribution in [0, 0.1) is 0 Å². The van der Waals surface area contributed by atoms with Gasteiger partial charge in [-0.3, -0.25) is 7.32 Å². The maximum absolute atomic E-state index is 10.3. The summed E-state index contributed by atoms with van der Waals surface area (Å²) in [6.07, 6.45) is 0. The van der Waals surface area contributed by atoms with Gasteiger partial charge in [0.05, 0.1) is 0 Å². The minimum absolute atomic E-state index is 0. The number of benzene rings is 2. The van der Waals surface area contributed by atoms with Gasteiger partial charge in [-0.15, -0.1) is 0 Å². The Morgan fingerprint density at radius 3 is 1.04 bits per heavy atom. The van der Waals surface area contributed by atoms with Crippen LogP contribution in [-0.2, 0) is 0 Å². The van der Waals surface area contributed by atoms with E-state index < -0.39 is 19.3 Å². The van der Waals surface area contributed by atoms with Gasteiger partial charge in [0.2, 0.25) is 0 Å². The van der Waals surface area contributed by atoms with Crippen LogP contribution in [0.5, 0.6) is 11.5 Å². The zero-order chi connectivity index (χ0) is 18.7. The molecular formula is C14H12BLi3O9. The maximum atomic E-state index is 10.3. The summed E-state index contributed by atoms with van der Waals surface area (Å²) in [4.78, 5) is 20.5. The van der Waals surface area contributed by atoms with Crippen LogP contribution in [0.2, 0.25) is 0 Å². The van der Waals surface area contributed by atoms with E-state index in [0.29, 0.717) is 0 Å². The van der Waals surface area contributed by atoms with Gasteiger partial charge in [0.25, 0.3) is 0 Å². The monoisotopic (exact) mass is 356 g/mol. The summed E-state index contributed by atoms with van der Waals surface area (Å²) in [5.41, 5.74) is -0.134. The first-order valence-electron chi connectivity index (χ1n) is 6.16. The molecule has 13 heteroatoms. The van der Waals surface area contributed by atoms with E-state index in [1.807, 2.05) is 0 Å². The molecule has 0 radical (unpaired) electrons. The molecule has 9 nitrogen and oxygen atoms in total. The second kappa shape index (κ2) is 18.1. The molecular weight excluding hydrogens is 344 g/mol. The summed E-state index contributed by atoms with van der Waals surface area (Å²) in [7, 11) is -2.92. The molecule has 2 aromatic carbocycles. The van der Waals surface area contributed by atoms with Crippen molar-refractivity contribution in [2.45, 2.75) is 0 Å². The van der Waals surface area contributed by atoms with Crippen LogP contribution < -0.4 is 71.7 Å². The van der Waals surface area contributed by atoms with Crippen LogP contribution in [0.1, 0.15) is 20.7 Å². The van der Waals surface area contributed by atoms with Gasteiger partial charge in [0, 0.05) is 0 Å². The van der Waals surface area contributed by atoms with Crippen molar-refractivity contribution in [1.82, 2.24) is 0 Å². The molecule has 0 bridgehead atoms. The van der Waals surface area contributed by atoms with Crippen LogP contribution in [0.4, 0.5) is 0 Å². The van der Waals surface area contributed by atoms with Crippen LogP contribution in [-0.4, -0.2) is 39.7 Å². The molecule has 0 saturated carbocycles. The first-order valence-corrected chi connectivity index (χ1v) is 6.16. The van der Waals surface area contributed by atoms with E-state index in [-0.39, 0.29) is 79.2 Å². The van der Waals surface area contributed by atoms with Gasteiger partial charge >= 0.3 is 68.5 Å². The second-order valence-corrected chi connectivity index (χ2v) is 3.93. The molecule has 128 valence electrons. The van der Waals surface area contributed by atoms with Gasteiger partial charge in [-0.1, -0.05) is 24.3 Å². The largest absolute Gasteiger partial charge is 1.00 e. The van der Waals surface area contributed by atoms with E-state index >= 15 is 0 Å². The topological polar surface area (TPSA) is 184 Å². The molecule has 0 unspecified atom stereocenters. The third-order valence-electron chi connectivity index (χ3n) is 2.27. The number of hydrogen-bond acceptors (Lipinski definition) is 7. The molecule has 27 heavy (non-hydrogen) atoms. The normalized spacial score (nSPS) is 7.81. The van der Waals surface area contributed by atoms with Crippen LogP contribution in [0.15, 0.2) is 48.5 Å². The van der Waals surface area contributed by atoms with Crippen molar-refractivity contribution < 1.29 is 102 Å². The number of carboxylic acids is 2. The molecule has 0 saturated heterocycles. The third-order valence-corrected chi connectivity index (χ3v) is 2.27. The van der Waals surface area contributed by atoms with Crippen molar-refractivity contribution in [1.29, 1.82) is 0 Å². The van der Waals surface area contributed by atoms with Gasteiger partial charge in [-0.05, 0) is 24.3 Å². The summed E-state index contributed by atoms with van der Waals surface area (Å²) in [6.45, 7) is 0. The van der Waals surface area contributed by atoms with Crippen molar-refractivity contribution in [2.24, 2.45) is 0 Å². The van der Waals surface area contributed by atoms with Crippen LogP contribution >= 0.6 is 0 Å². The number of carbonyl (C=O) groups is 2. The Bertz CT molecular complexity index is 628. The predicted molar refractivity (Wildman–Crippen MR) is 75.9 cm³/mol. The van der Waals surface area contributed by atoms with Crippen LogP contribution in [0.3, 0.4) is 0 Å². The Labute approximate surface area is 191 Å². The molecule has 0 aliphatic heterocycles. The Morgan fingerprint density at radius 2 is 0.889 bits per heavy atom. The number of phenols is 2. The molecule has 2 aromatic rings. The minimum Gasteiger partial charge on any atom is -0.907 e. The molecule has 4 N–H and O–H groups in total. The van der Waals surface area contributed by atoms with Crippen molar-refractivity contribution in [3.05, 3.63) is 59.7 Å². The Hall–Kier alpha value is -1.28. The van der Waals surface area contributed by atoms with Gasteiger partial charge in [-0.25, -0.2) is 9.59 Å². The van der Waals surface area contributed by atoms with Crippen LogP contribution in [0.25, 0.3) is 0 Å². The van der Waals surface area contributed by atoms with Crippen molar-refractivity contribution in [2.75, 3.05) is 0 Å². The van der Waals surface area contributed by atoms with Gasteiger partial charge in [-0.2, -0.15) is 0 Å². The molecule has 0 aliphatic carbocycles. The first-order chi connectivity index (χ1) is 11.2. The molecule has 0 aromatic heterocycles. The zero-order valence-electron chi connectivity index (χ0n) is 15.0. The average molecular weight is 356 g/mol. The van der Waals surface area contributed by atoms with E-state index in [4.69, 9.17) is 35.5 Å². The van der Waals surface area contributed by atoms with E-state index in [1.54, 1.807) is 24.3 Å². The van der Waals surface area contributed by atoms with Gasteiger partial charge < -0.3 is 35.5 Å². The predicted octanol–water partition coefficient (Wildman–Crippen LogP) is -10.8. The van der Waals surface area contributed by atoms with Gasteiger partial charge in [0.1, 0.15) is 22.6 Å². The SMILES string of the molecule is O=C(O)c1ccccc1O.O=C(O)c1ccccc1O.[Li+].[Li+].[Li+].[O-]B([O-])[O-]. The van der Waals surface area contributed by atoms with E-state index in [1.165, 1.54) is 24.3 Å². The smallest absolute Gasteiger partial charge is 0.907 e. The average Bonchev–Trinajstić information content (AvgIpc) is 2.47. The molecule has 0 atom stereocenters. The maximum Gasteiger partial charge on any atom is 1.00 e. The Morgan fingerprint density at radius 1 is 0.667 bits per heavy atom. The number of aromatic hydroxyl groups is 2. The van der Waals surface area contributed by atoms with E-state index in [2.05, 4.69) is 0 Å². The molecule has 0 heterocycles. The van der Waals surface area contributed by atoms with Crippen molar-refractivity contribution >= 4 is 19.3 Å². The fraction of sp³-hybridized carbons (Fsp3) is 0. The zero-order valence-corrected chi connectivity index (χ0v) is 15.0. The summed E-state index contributed by atoms with van der Waals surface area (Å²) < 4.78 is 0. The summed E-state index contributed by atoms with van der Waals surface area (Å²) in [5.74, 6) is -2.62. The number of carboxylic acid groups (broad SMARTS) is 2. The minimum atomic E-state index is -2.92. The van der Waals surface area contributed by atoms with Crippen molar-refractivity contribution in [3.63, 3.8) is 0 Å². The summed E-state index contributed by atoms with van der Waals surface area (Å²) >= 11 is 0. The van der Waals surface area contributed by atoms with E-state index in [9.17, 15) is 9.59 Å². The number of aromatic carboxylic acids is 2. The Kier molecular flexibility index (Phi) is 22.3. The standard InChI is InChI=1S/2C7H6O3.BO3.3Li/c2*8-6-4-2-1-3-5(6)7(9)10;2-1(3)4;;;/h2*1-4,8H,(H,9,10);;;;/q;;-3;3*+1.